The Morgan fingerprint density at radius 1 is 1.32 bits per heavy atom. The summed E-state index contributed by atoms with van der Waals surface area (Å²) in [5.74, 6) is 0. The van der Waals surface area contributed by atoms with E-state index >= 15 is 0 Å². The highest BCUT2D eigenvalue weighted by molar-refractivity contribution is 9.10. The van der Waals surface area contributed by atoms with Crippen LogP contribution in [0.2, 0.25) is 0 Å². The minimum Gasteiger partial charge on any atom is -0.313 e. The van der Waals surface area contributed by atoms with Gasteiger partial charge in [0.2, 0.25) is 0 Å². The van der Waals surface area contributed by atoms with Gasteiger partial charge in [0.05, 0.1) is 4.90 Å². The number of nitrogens with zero attached hydrogens (tertiary/aromatic N) is 1. The molecule has 0 aliphatic heterocycles. The van der Waals surface area contributed by atoms with Crippen molar-refractivity contribution in [3.63, 3.8) is 0 Å². The molecule has 7 heteroatoms. The second kappa shape index (κ2) is 7.35. The molecule has 1 rings (SSSR count). The van der Waals surface area contributed by atoms with E-state index < -0.39 is 10.0 Å². The van der Waals surface area contributed by atoms with Crippen molar-refractivity contribution in [3.8, 4) is 0 Å². The molecule has 0 fully saturated rings. The molecule has 0 spiro atoms. The van der Waals surface area contributed by atoms with Crippen molar-refractivity contribution in [1.29, 1.82) is 0 Å². The Bertz CT molecular complexity index is 518. The molecule has 0 bridgehead atoms. The zero-order chi connectivity index (χ0) is 14.5. The Kier molecular flexibility index (Phi) is 6.41. The summed E-state index contributed by atoms with van der Waals surface area (Å²) in [4.78, 5) is 2.64. The van der Waals surface area contributed by atoms with Crippen LogP contribution in [0, 0.1) is 0 Å². The van der Waals surface area contributed by atoms with Crippen molar-refractivity contribution in [2.24, 2.45) is 0 Å². The molecule has 1 aromatic rings. The van der Waals surface area contributed by atoms with Gasteiger partial charge in [0.25, 0.3) is 10.0 Å². The van der Waals surface area contributed by atoms with Gasteiger partial charge in [0.15, 0.2) is 0 Å². The second-order valence-electron chi connectivity index (χ2n) is 4.43. The quantitative estimate of drug-likeness (QED) is 0.581. The first-order valence-corrected chi connectivity index (χ1v) is 8.33. The molecule has 0 atom stereocenters. The maximum absolute atomic E-state index is 12.0. The van der Waals surface area contributed by atoms with E-state index in [4.69, 9.17) is 0 Å². The largest absolute Gasteiger partial charge is 0.313 e. The van der Waals surface area contributed by atoms with E-state index in [1.165, 1.54) is 5.01 Å². The number of rotatable bonds is 7. The summed E-state index contributed by atoms with van der Waals surface area (Å²) in [6.07, 6.45) is 1.07. The maximum Gasteiger partial charge on any atom is 0.254 e. The summed E-state index contributed by atoms with van der Waals surface area (Å²) in [6, 6.07) is 5.25. The second-order valence-corrected chi connectivity index (χ2v) is 6.91. The fourth-order valence-corrected chi connectivity index (χ4v) is 3.78. The lowest BCUT2D eigenvalue weighted by atomic mass is 10.2. The molecule has 19 heavy (non-hydrogen) atoms. The van der Waals surface area contributed by atoms with Crippen molar-refractivity contribution in [2.45, 2.75) is 24.8 Å². The van der Waals surface area contributed by atoms with Crippen LogP contribution >= 0.6 is 15.9 Å². The van der Waals surface area contributed by atoms with E-state index in [0.717, 1.165) is 25.1 Å². The lowest BCUT2D eigenvalue weighted by Crippen LogP contribution is -2.36. The Balaban J connectivity index is 2.88. The van der Waals surface area contributed by atoms with Crippen LogP contribution < -0.4 is 10.1 Å². The van der Waals surface area contributed by atoms with E-state index in [1.54, 1.807) is 20.2 Å². The van der Waals surface area contributed by atoms with Gasteiger partial charge in [0.1, 0.15) is 0 Å². The first-order valence-electron chi connectivity index (χ1n) is 6.05. The van der Waals surface area contributed by atoms with E-state index in [9.17, 15) is 8.42 Å². The normalized spacial score (nSPS) is 12.1. The smallest absolute Gasteiger partial charge is 0.254 e. The first kappa shape index (κ1) is 16.6. The standard InChI is InChI=1S/C12H20BrN3O2S/c1-4-7-14-9-10-5-6-12(11(13)8-10)19(17,18)15-16(2)3/h5-6,8,14-15H,4,7,9H2,1-3H3. The molecule has 0 aliphatic carbocycles. The third kappa shape index (κ3) is 5.19. The lowest BCUT2D eigenvalue weighted by Gasteiger charge is -2.14. The zero-order valence-corrected chi connectivity index (χ0v) is 13.8. The molecule has 0 aliphatic rings. The minimum absolute atomic E-state index is 0.237. The van der Waals surface area contributed by atoms with Gasteiger partial charge in [-0.25, -0.2) is 13.4 Å². The maximum atomic E-state index is 12.0. The predicted molar refractivity (Wildman–Crippen MR) is 80.1 cm³/mol. The third-order valence-corrected chi connectivity index (χ3v) is 4.80. The average molecular weight is 350 g/mol. The molecular weight excluding hydrogens is 330 g/mol. The van der Waals surface area contributed by atoms with Crippen molar-refractivity contribution in [1.82, 2.24) is 15.2 Å². The first-order chi connectivity index (χ1) is 8.86. The number of hydrogen-bond acceptors (Lipinski definition) is 4. The summed E-state index contributed by atoms with van der Waals surface area (Å²) in [5.41, 5.74) is 1.05. The van der Waals surface area contributed by atoms with Gasteiger partial charge in [0, 0.05) is 25.1 Å². The van der Waals surface area contributed by atoms with Crippen LogP contribution in [0.1, 0.15) is 18.9 Å². The van der Waals surface area contributed by atoms with Gasteiger partial charge in [-0.1, -0.05) is 13.0 Å². The summed E-state index contributed by atoms with van der Waals surface area (Å²) in [7, 11) is -0.257. The van der Waals surface area contributed by atoms with Crippen molar-refractivity contribution in [2.75, 3.05) is 20.6 Å². The highest BCUT2D eigenvalue weighted by Crippen LogP contribution is 2.23. The summed E-state index contributed by atoms with van der Waals surface area (Å²) in [6.45, 7) is 3.78. The fraction of sp³-hybridized carbons (Fsp3) is 0.500. The molecule has 1 aromatic carbocycles. The monoisotopic (exact) mass is 349 g/mol. The SMILES string of the molecule is CCCNCc1ccc(S(=O)(=O)NN(C)C)c(Br)c1. The van der Waals surface area contributed by atoms with Crippen LogP contribution in [0.25, 0.3) is 0 Å². The van der Waals surface area contributed by atoms with Crippen LogP contribution in [0.5, 0.6) is 0 Å². The molecule has 2 N–H and O–H groups in total. The summed E-state index contributed by atoms with van der Waals surface area (Å²) < 4.78 is 24.6. The lowest BCUT2D eigenvalue weighted by molar-refractivity contribution is 0.364. The van der Waals surface area contributed by atoms with Crippen molar-refractivity contribution >= 4 is 26.0 Å². The summed E-state index contributed by atoms with van der Waals surface area (Å²) in [5, 5.41) is 4.68. The molecule has 0 radical (unpaired) electrons. The molecule has 5 nitrogen and oxygen atoms in total. The number of hydrazine groups is 1. The van der Waals surface area contributed by atoms with Gasteiger partial charge in [-0.05, 0) is 46.6 Å². The number of sulfonamides is 1. The van der Waals surface area contributed by atoms with E-state index in [2.05, 4.69) is 33.0 Å². The molecule has 0 heterocycles. The molecule has 0 saturated heterocycles. The zero-order valence-electron chi connectivity index (χ0n) is 11.4. The molecule has 0 amide bonds. The van der Waals surface area contributed by atoms with Gasteiger partial charge in [-0.3, -0.25) is 0 Å². The van der Waals surface area contributed by atoms with E-state index in [1.807, 2.05) is 12.1 Å². The third-order valence-electron chi connectivity index (χ3n) is 2.34. The number of nitrogens with one attached hydrogen (secondary N) is 2. The number of hydrogen-bond donors (Lipinski definition) is 2. The van der Waals surface area contributed by atoms with Crippen LogP contribution in [0.15, 0.2) is 27.6 Å². The van der Waals surface area contributed by atoms with Gasteiger partial charge < -0.3 is 5.32 Å². The van der Waals surface area contributed by atoms with Gasteiger partial charge >= 0.3 is 0 Å². The molecule has 0 aromatic heterocycles. The molecule has 0 unspecified atom stereocenters. The predicted octanol–water partition coefficient (Wildman–Crippen LogP) is 1.70. The number of benzene rings is 1. The van der Waals surface area contributed by atoms with Crippen molar-refractivity contribution < 1.29 is 8.42 Å². The Morgan fingerprint density at radius 2 is 2.00 bits per heavy atom. The average Bonchev–Trinajstić information content (AvgIpc) is 2.27. The Morgan fingerprint density at radius 3 is 2.53 bits per heavy atom. The van der Waals surface area contributed by atoms with Gasteiger partial charge in [-0.15, -0.1) is 4.83 Å². The van der Waals surface area contributed by atoms with Crippen LogP contribution in [-0.4, -0.2) is 34.1 Å². The topological polar surface area (TPSA) is 61.4 Å². The fourth-order valence-electron chi connectivity index (χ4n) is 1.57. The van der Waals surface area contributed by atoms with Crippen molar-refractivity contribution in [3.05, 3.63) is 28.2 Å². The van der Waals surface area contributed by atoms with E-state index in [0.29, 0.717) is 4.47 Å². The molecule has 108 valence electrons. The van der Waals surface area contributed by atoms with Crippen LogP contribution in [-0.2, 0) is 16.6 Å². The minimum atomic E-state index is -3.52. The van der Waals surface area contributed by atoms with E-state index in [-0.39, 0.29) is 4.90 Å². The highest BCUT2D eigenvalue weighted by Gasteiger charge is 2.18. The molecular formula is C12H20BrN3O2S. The number of halogens is 1. The van der Waals surface area contributed by atoms with Crippen LogP contribution in [0.4, 0.5) is 0 Å². The van der Waals surface area contributed by atoms with Crippen LogP contribution in [0.3, 0.4) is 0 Å². The van der Waals surface area contributed by atoms with Gasteiger partial charge in [-0.2, -0.15) is 0 Å². The Hall–Kier alpha value is -0.470. The summed E-state index contributed by atoms with van der Waals surface area (Å²) >= 11 is 3.32. The Labute approximate surface area is 123 Å². The molecule has 0 saturated carbocycles. The highest BCUT2D eigenvalue weighted by atomic mass is 79.9.